The van der Waals surface area contributed by atoms with Crippen LogP contribution in [0, 0.1) is 6.92 Å². The van der Waals surface area contributed by atoms with Gasteiger partial charge in [-0.25, -0.2) is 9.97 Å². The van der Waals surface area contributed by atoms with Gasteiger partial charge in [0.05, 0.1) is 5.60 Å². The number of aromatic nitrogens is 2. The zero-order chi connectivity index (χ0) is 12.9. The minimum absolute atomic E-state index is 0.456. The topological polar surface area (TPSA) is 70.1 Å². The highest BCUT2D eigenvalue weighted by Crippen LogP contribution is 2.18. The minimum atomic E-state index is -0.756. The maximum atomic E-state index is 9.66. The van der Waals surface area contributed by atoms with Crippen molar-refractivity contribution in [3.63, 3.8) is 0 Å². The van der Waals surface area contributed by atoms with Crippen LogP contribution in [0.4, 0.5) is 11.6 Å². The van der Waals surface area contributed by atoms with Crippen molar-refractivity contribution in [3.8, 4) is 0 Å². The Morgan fingerprint density at radius 2 is 1.82 bits per heavy atom. The molecule has 0 aliphatic rings. The van der Waals surface area contributed by atoms with Crippen molar-refractivity contribution in [2.45, 2.75) is 39.7 Å². The second-order valence-electron chi connectivity index (χ2n) is 4.79. The van der Waals surface area contributed by atoms with Gasteiger partial charge in [0.15, 0.2) is 0 Å². The first-order valence-electron chi connectivity index (χ1n) is 5.95. The van der Waals surface area contributed by atoms with Crippen molar-refractivity contribution < 1.29 is 5.11 Å². The number of anilines is 2. The summed E-state index contributed by atoms with van der Waals surface area (Å²) in [6, 6.07) is 0. The van der Waals surface area contributed by atoms with Crippen LogP contribution in [0.5, 0.6) is 0 Å². The molecule has 1 heterocycles. The summed E-state index contributed by atoms with van der Waals surface area (Å²) in [4.78, 5) is 8.37. The highest BCUT2D eigenvalue weighted by molar-refractivity contribution is 5.56. The van der Waals surface area contributed by atoms with Crippen molar-refractivity contribution in [2.75, 3.05) is 23.7 Å². The number of aliphatic hydroxyl groups is 1. The molecule has 0 aliphatic heterocycles. The summed E-state index contributed by atoms with van der Waals surface area (Å²) in [7, 11) is 0. The molecule has 0 saturated heterocycles. The molecule has 5 nitrogen and oxygen atoms in total. The van der Waals surface area contributed by atoms with Gasteiger partial charge in [-0.05, 0) is 27.2 Å². The van der Waals surface area contributed by atoms with Gasteiger partial charge in [-0.15, -0.1) is 0 Å². The van der Waals surface area contributed by atoms with Gasteiger partial charge in [0, 0.05) is 18.7 Å². The summed E-state index contributed by atoms with van der Waals surface area (Å²) in [6.45, 7) is 8.93. The summed E-state index contributed by atoms with van der Waals surface area (Å²) in [5, 5.41) is 16.0. The Balaban J connectivity index is 2.72. The predicted octanol–water partition coefficient (Wildman–Crippen LogP) is 1.79. The van der Waals surface area contributed by atoms with E-state index in [0.29, 0.717) is 6.54 Å². The Morgan fingerprint density at radius 3 is 2.35 bits per heavy atom. The largest absolute Gasteiger partial charge is 0.389 e. The second-order valence-corrected chi connectivity index (χ2v) is 4.79. The van der Waals surface area contributed by atoms with Gasteiger partial charge in [-0.1, -0.05) is 6.92 Å². The SMILES string of the molecule is CCCNc1ncnc(NCC(C)(C)O)c1C. The van der Waals surface area contributed by atoms with E-state index < -0.39 is 5.60 Å². The monoisotopic (exact) mass is 238 g/mol. The quantitative estimate of drug-likeness (QED) is 0.705. The van der Waals surface area contributed by atoms with Crippen LogP contribution in [-0.2, 0) is 0 Å². The van der Waals surface area contributed by atoms with Crippen molar-refractivity contribution in [1.29, 1.82) is 0 Å². The van der Waals surface area contributed by atoms with Crippen molar-refractivity contribution in [2.24, 2.45) is 0 Å². The minimum Gasteiger partial charge on any atom is -0.389 e. The van der Waals surface area contributed by atoms with Gasteiger partial charge >= 0.3 is 0 Å². The van der Waals surface area contributed by atoms with Crippen LogP contribution in [0.1, 0.15) is 32.8 Å². The van der Waals surface area contributed by atoms with E-state index in [0.717, 1.165) is 30.2 Å². The lowest BCUT2D eigenvalue weighted by Gasteiger charge is -2.19. The van der Waals surface area contributed by atoms with E-state index in [2.05, 4.69) is 27.5 Å². The van der Waals surface area contributed by atoms with E-state index in [1.807, 2.05) is 6.92 Å². The van der Waals surface area contributed by atoms with Gasteiger partial charge in [0.1, 0.15) is 18.0 Å². The molecule has 0 saturated carbocycles. The average molecular weight is 238 g/mol. The molecule has 0 fully saturated rings. The van der Waals surface area contributed by atoms with Gasteiger partial charge in [-0.2, -0.15) is 0 Å². The highest BCUT2D eigenvalue weighted by atomic mass is 16.3. The molecule has 0 aliphatic carbocycles. The third-order valence-corrected chi connectivity index (χ3v) is 2.31. The Hall–Kier alpha value is -1.36. The number of hydrogen-bond acceptors (Lipinski definition) is 5. The van der Waals surface area contributed by atoms with Crippen molar-refractivity contribution in [3.05, 3.63) is 11.9 Å². The molecule has 3 N–H and O–H groups in total. The lowest BCUT2D eigenvalue weighted by molar-refractivity contribution is 0.0944. The Kier molecular flexibility index (Phi) is 4.69. The molecule has 96 valence electrons. The maximum Gasteiger partial charge on any atom is 0.134 e. The molecule has 17 heavy (non-hydrogen) atoms. The third-order valence-electron chi connectivity index (χ3n) is 2.31. The molecule has 1 aromatic rings. The molecule has 0 radical (unpaired) electrons. The molecule has 0 unspecified atom stereocenters. The van der Waals surface area contributed by atoms with E-state index in [1.54, 1.807) is 13.8 Å². The summed E-state index contributed by atoms with van der Waals surface area (Å²) < 4.78 is 0. The Bertz CT molecular complexity index is 360. The zero-order valence-corrected chi connectivity index (χ0v) is 11.0. The van der Waals surface area contributed by atoms with Crippen LogP contribution < -0.4 is 10.6 Å². The fourth-order valence-electron chi connectivity index (χ4n) is 1.35. The van der Waals surface area contributed by atoms with E-state index in [-0.39, 0.29) is 0 Å². The van der Waals surface area contributed by atoms with Crippen LogP contribution in [0.25, 0.3) is 0 Å². The van der Waals surface area contributed by atoms with E-state index >= 15 is 0 Å². The van der Waals surface area contributed by atoms with Gasteiger partial charge in [0.2, 0.25) is 0 Å². The van der Waals surface area contributed by atoms with Gasteiger partial charge in [0.25, 0.3) is 0 Å². The smallest absolute Gasteiger partial charge is 0.134 e. The highest BCUT2D eigenvalue weighted by Gasteiger charge is 2.13. The summed E-state index contributed by atoms with van der Waals surface area (Å²) in [6.07, 6.45) is 2.58. The Labute approximate surface area is 103 Å². The average Bonchev–Trinajstić information content (AvgIpc) is 2.25. The van der Waals surface area contributed by atoms with Crippen LogP contribution >= 0.6 is 0 Å². The molecular formula is C12H22N4O. The normalized spacial score (nSPS) is 11.4. The van der Waals surface area contributed by atoms with Crippen LogP contribution in [0.3, 0.4) is 0 Å². The van der Waals surface area contributed by atoms with Crippen molar-refractivity contribution >= 4 is 11.6 Å². The van der Waals surface area contributed by atoms with Crippen LogP contribution in [-0.4, -0.2) is 33.8 Å². The maximum absolute atomic E-state index is 9.66. The summed E-state index contributed by atoms with van der Waals surface area (Å²) >= 11 is 0. The summed E-state index contributed by atoms with van der Waals surface area (Å²) in [5.41, 5.74) is 0.221. The molecule has 0 amide bonds. The molecule has 0 aromatic carbocycles. The summed E-state index contributed by atoms with van der Waals surface area (Å²) in [5.74, 6) is 1.61. The molecule has 5 heteroatoms. The van der Waals surface area contributed by atoms with Crippen LogP contribution in [0.2, 0.25) is 0 Å². The third kappa shape index (κ3) is 4.56. The van der Waals surface area contributed by atoms with E-state index in [9.17, 15) is 5.11 Å². The molecule has 0 atom stereocenters. The standard InChI is InChI=1S/C12H22N4O/c1-5-6-13-10-9(2)11(16-8-15-10)14-7-12(3,4)17/h8,17H,5-7H2,1-4H3,(H2,13,14,15,16). The lowest BCUT2D eigenvalue weighted by Crippen LogP contribution is -2.30. The number of hydrogen-bond donors (Lipinski definition) is 3. The van der Waals surface area contributed by atoms with Gasteiger partial charge < -0.3 is 15.7 Å². The Morgan fingerprint density at radius 1 is 1.24 bits per heavy atom. The fraction of sp³-hybridized carbons (Fsp3) is 0.667. The second kappa shape index (κ2) is 5.82. The predicted molar refractivity (Wildman–Crippen MR) is 70.3 cm³/mol. The first-order valence-corrected chi connectivity index (χ1v) is 5.95. The fourth-order valence-corrected chi connectivity index (χ4v) is 1.35. The number of nitrogens with zero attached hydrogens (tertiary/aromatic N) is 2. The van der Waals surface area contributed by atoms with E-state index in [1.165, 1.54) is 6.33 Å². The van der Waals surface area contributed by atoms with E-state index in [4.69, 9.17) is 0 Å². The first-order chi connectivity index (χ1) is 7.94. The number of nitrogens with one attached hydrogen (secondary N) is 2. The molecule has 1 rings (SSSR count). The van der Waals surface area contributed by atoms with Gasteiger partial charge in [-0.3, -0.25) is 0 Å². The molecular weight excluding hydrogens is 216 g/mol. The first kappa shape index (κ1) is 13.7. The van der Waals surface area contributed by atoms with Crippen molar-refractivity contribution in [1.82, 2.24) is 9.97 Å². The number of rotatable bonds is 6. The molecule has 1 aromatic heterocycles. The van der Waals surface area contributed by atoms with Crippen LogP contribution in [0.15, 0.2) is 6.33 Å². The molecule has 0 bridgehead atoms. The molecule has 0 spiro atoms. The lowest BCUT2D eigenvalue weighted by atomic mass is 10.1. The zero-order valence-electron chi connectivity index (χ0n) is 11.0.